The Hall–Kier alpha value is -3.02. The number of pyridine rings is 2. The highest BCUT2D eigenvalue weighted by molar-refractivity contribution is 5.63. The molecule has 0 saturated heterocycles. The number of rotatable bonds is 7. The summed E-state index contributed by atoms with van der Waals surface area (Å²) in [5, 5.41) is 6.52. The van der Waals surface area contributed by atoms with Gasteiger partial charge in [0.2, 0.25) is 5.95 Å². The summed E-state index contributed by atoms with van der Waals surface area (Å²) in [5.74, 6) is 1.40. The second-order valence-electron chi connectivity index (χ2n) is 5.23. The third kappa shape index (κ3) is 4.25. The van der Waals surface area contributed by atoms with Gasteiger partial charge in [-0.3, -0.25) is 9.97 Å². The normalized spacial score (nSPS) is 10.4. The Labute approximate surface area is 141 Å². The number of hydrogen-bond acceptors (Lipinski definition) is 6. The maximum absolute atomic E-state index is 4.55. The van der Waals surface area contributed by atoms with Crippen LogP contribution in [0.15, 0.2) is 55.0 Å². The van der Waals surface area contributed by atoms with Crippen molar-refractivity contribution in [2.75, 3.05) is 23.7 Å². The lowest BCUT2D eigenvalue weighted by atomic mass is 10.2. The van der Waals surface area contributed by atoms with Gasteiger partial charge in [-0.15, -0.1) is 0 Å². The van der Waals surface area contributed by atoms with Crippen molar-refractivity contribution in [1.82, 2.24) is 19.9 Å². The molecule has 3 rings (SSSR count). The Morgan fingerprint density at radius 1 is 1.00 bits per heavy atom. The van der Waals surface area contributed by atoms with Crippen LogP contribution < -0.4 is 10.6 Å². The average Bonchev–Trinajstić information content (AvgIpc) is 2.63. The third-order valence-electron chi connectivity index (χ3n) is 3.43. The molecule has 24 heavy (non-hydrogen) atoms. The van der Waals surface area contributed by atoms with Crippen molar-refractivity contribution in [3.8, 4) is 11.3 Å². The van der Waals surface area contributed by atoms with E-state index in [1.165, 1.54) is 0 Å². The molecule has 122 valence electrons. The van der Waals surface area contributed by atoms with Gasteiger partial charge in [0, 0.05) is 55.4 Å². The Bertz CT molecular complexity index is 761. The summed E-state index contributed by atoms with van der Waals surface area (Å²) in [4.78, 5) is 17.5. The zero-order chi connectivity index (χ0) is 16.6. The molecular weight excluding hydrogens is 300 g/mol. The lowest BCUT2D eigenvalue weighted by Gasteiger charge is -2.10. The molecule has 0 aliphatic carbocycles. The third-order valence-corrected chi connectivity index (χ3v) is 3.43. The summed E-state index contributed by atoms with van der Waals surface area (Å²) in [5.41, 5.74) is 2.86. The first kappa shape index (κ1) is 15.9. The van der Waals surface area contributed by atoms with Crippen LogP contribution in [0, 0.1) is 0 Å². The summed E-state index contributed by atoms with van der Waals surface area (Å²) in [6.07, 6.45) is 6.20. The van der Waals surface area contributed by atoms with E-state index in [-0.39, 0.29) is 0 Å². The van der Waals surface area contributed by atoms with Crippen molar-refractivity contribution in [2.45, 2.75) is 13.3 Å². The van der Waals surface area contributed by atoms with Crippen LogP contribution in [-0.4, -0.2) is 33.0 Å². The summed E-state index contributed by atoms with van der Waals surface area (Å²) in [6, 6.07) is 11.8. The number of hydrogen-bond donors (Lipinski definition) is 2. The van der Waals surface area contributed by atoms with Gasteiger partial charge in [0.25, 0.3) is 0 Å². The van der Waals surface area contributed by atoms with Gasteiger partial charge in [-0.1, -0.05) is 6.07 Å². The Morgan fingerprint density at radius 2 is 1.96 bits per heavy atom. The van der Waals surface area contributed by atoms with Crippen LogP contribution in [0.3, 0.4) is 0 Å². The maximum atomic E-state index is 4.55. The van der Waals surface area contributed by atoms with E-state index in [1.807, 2.05) is 49.5 Å². The van der Waals surface area contributed by atoms with Gasteiger partial charge >= 0.3 is 0 Å². The van der Waals surface area contributed by atoms with E-state index in [2.05, 4.69) is 30.6 Å². The Morgan fingerprint density at radius 3 is 2.71 bits per heavy atom. The van der Waals surface area contributed by atoms with Gasteiger partial charge in [-0.25, -0.2) is 4.98 Å². The van der Waals surface area contributed by atoms with E-state index >= 15 is 0 Å². The second-order valence-corrected chi connectivity index (χ2v) is 5.23. The first-order valence-electron chi connectivity index (χ1n) is 8.02. The maximum Gasteiger partial charge on any atom is 0.225 e. The predicted molar refractivity (Wildman–Crippen MR) is 95.9 cm³/mol. The van der Waals surface area contributed by atoms with Crippen molar-refractivity contribution in [3.63, 3.8) is 0 Å². The fraction of sp³-hybridized carbons (Fsp3) is 0.222. The summed E-state index contributed by atoms with van der Waals surface area (Å²) in [6.45, 7) is 3.55. The molecule has 0 unspecified atom stereocenters. The minimum absolute atomic E-state index is 0.610. The number of nitrogens with zero attached hydrogens (tertiary/aromatic N) is 4. The standard InChI is InChI=1S/C18H20N6/c1-2-20-18-23-16(14-6-5-9-19-13-14)12-17(24-18)22-11-8-15-7-3-4-10-21-15/h3-7,9-10,12-13H,2,8,11H2,1H3,(H2,20,22,23,24). The molecule has 0 aliphatic heterocycles. The van der Waals surface area contributed by atoms with Gasteiger partial charge in [0.15, 0.2) is 0 Å². The van der Waals surface area contributed by atoms with Crippen LogP contribution in [0.4, 0.5) is 11.8 Å². The zero-order valence-corrected chi connectivity index (χ0v) is 13.6. The van der Waals surface area contributed by atoms with E-state index in [9.17, 15) is 0 Å². The van der Waals surface area contributed by atoms with Crippen LogP contribution >= 0.6 is 0 Å². The van der Waals surface area contributed by atoms with Crippen molar-refractivity contribution >= 4 is 11.8 Å². The lowest BCUT2D eigenvalue weighted by molar-refractivity contribution is 0.950. The van der Waals surface area contributed by atoms with Crippen LogP contribution in [0.2, 0.25) is 0 Å². The minimum Gasteiger partial charge on any atom is -0.369 e. The van der Waals surface area contributed by atoms with Crippen LogP contribution in [0.5, 0.6) is 0 Å². The fourth-order valence-corrected chi connectivity index (χ4v) is 2.30. The molecule has 0 aromatic carbocycles. The highest BCUT2D eigenvalue weighted by atomic mass is 15.1. The van der Waals surface area contributed by atoms with Crippen LogP contribution in [0.25, 0.3) is 11.3 Å². The van der Waals surface area contributed by atoms with E-state index in [1.54, 1.807) is 12.4 Å². The zero-order valence-electron chi connectivity index (χ0n) is 13.6. The summed E-state index contributed by atoms with van der Waals surface area (Å²) < 4.78 is 0. The first-order chi connectivity index (χ1) is 11.8. The summed E-state index contributed by atoms with van der Waals surface area (Å²) in [7, 11) is 0. The van der Waals surface area contributed by atoms with Gasteiger partial charge in [-0.05, 0) is 31.2 Å². The van der Waals surface area contributed by atoms with Gasteiger partial charge < -0.3 is 10.6 Å². The van der Waals surface area contributed by atoms with Gasteiger partial charge in [-0.2, -0.15) is 4.98 Å². The molecule has 0 spiro atoms. The van der Waals surface area contributed by atoms with Crippen molar-refractivity contribution in [3.05, 3.63) is 60.7 Å². The molecule has 3 heterocycles. The lowest BCUT2D eigenvalue weighted by Crippen LogP contribution is -2.10. The Kier molecular flexibility index (Phi) is 5.29. The quantitative estimate of drug-likeness (QED) is 0.697. The van der Waals surface area contributed by atoms with E-state index in [0.29, 0.717) is 5.95 Å². The number of nitrogens with one attached hydrogen (secondary N) is 2. The molecule has 0 bridgehead atoms. The van der Waals surface area contributed by atoms with E-state index in [0.717, 1.165) is 42.3 Å². The molecular formula is C18H20N6. The van der Waals surface area contributed by atoms with Crippen molar-refractivity contribution in [2.24, 2.45) is 0 Å². The van der Waals surface area contributed by atoms with E-state index in [4.69, 9.17) is 0 Å². The molecule has 3 aromatic rings. The predicted octanol–water partition coefficient (Wildman–Crippen LogP) is 3.02. The minimum atomic E-state index is 0.610. The summed E-state index contributed by atoms with van der Waals surface area (Å²) >= 11 is 0. The monoisotopic (exact) mass is 320 g/mol. The first-order valence-corrected chi connectivity index (χ1v) is 8.02. The average molecular weight is 320 g/mol. The van der Waals surface area contributed by atoms with Crippen molar-refractivity contribution in [1.29, 1.82) is 0 Å². The number of anilines is 2. The SMILES string of the molecule is CCNc1nc(NCCc2ccccn2)cc(-c2cccnc2)n1. The van der Waals surface area contributed by atoms with Crippen LogP contribution in [-0.2, 0) is 6.42 Å². The molecule has 0 amide bonds. The Balaban J connectivity index is 1.75. The highest BCUT2D eigenvalue weighted by Crippen LogP contribution is 2.20. The molecule has 0 radical (unpaired) electrons. The molecule has 0 saturated carbocycles. The smallest absolute Gasteiger partial charge is 0.225 e. The van der Waals surface area contributed by atoms with Gasteiger partial charge in [0.05, 0.1) is 5.69 Å². The molecule has 6 nitrogen and oxygen atoms in total. The van der Waals surface area contributed by atoms with Crippen LogP contribution in [0.1, 0.15) is 12.6 Å². The topological polar surface area (TPSA) is 75.6 Å². The second kappa shape index (κ2) is 8.01. The molecule has 3 aromatic heterocycles. The van der Waals surface area contributed by atoms with Crippen molar-refractivity contribution < 1.29 is 0 Å². The van der Waals surface area contributed by atoms with E-state index < -0.39 is 0 Å². The highest BCUT2D eigenvalue weighted by Gasteiger charge is 2.06. The number of aromatic nitrogens is 4. The molecule has 0 fully saturated rings. The largest absolute Gasteiger partial charge is 0.369 e. The molecule has 6 heteroatoms. The fourth-order valence-electron chi connectivity index (χ4n) is 2.30. The van der Waals surface area contributed by atoms with Gasteiger partial charge in [0.1, 0.15) is 5.82 Å². The molecule has 0 aliphatic rings. The molecule has 2 N–H and O–H groups in total. The molecule has 0 atom stereocenters.